The van der Waals surface area contributed by atoms with Crippen molar-refractivity contribution in [2.75, 3.05) is 19.0 Å². The third-order valence-corrected chi connectivity index (χ3v) is 3.16. The molecule has 0 bridgehead atoms. The number of nitrogens with two attached hydrogens (primary N) is 1. The van der Waals surface area contributed by atoms with Crippen molar-refractivity contribution >= 4 is 11.8 Å². The lowest BCUT2D eigenvalue weighted by atomic mass is 9.85. The van der Waals surface area contributed by atoms with Gasteiger partial charge in [0.25, 0.3) is 0 Å². The molecule has 0 saturated carbocycles. The number of nitrogens with one attached hydrogen (secondary N) is 1. The van der Waals surface area contributed by atoms with Gasteiger partial charge >= 0.3 is 6.09 Å². The minimum atomic E-state index is -0.667. The van der Waals surface area contributed by atoms with Crippen LogP contribution < -0.4 is 16.0 Å². The van der Waals surface area contributed by atoms with Crippen LogP contribution in [0.2, 0.25) is 0 Å². The minimum Gasteiger partial charge on any atom is -0.503 e. The summed E-state index contributed by atoms with van der Waals surface area (Å²) in [5.41, 5.74) is -0.115. The average Bonchev–Trinajstić information content (AvgIpc) is 2.38. The molecule has 0 aliphatic carbocycles. The van der Waals surface area contributed by atoms with Crippen molar-refractivity contribution in [3.05, 3.63) is 17.7 Å². The normalized spacial score (nSPS) is 12.0. The zero-order valence-electron chi connectivity index (χ0n) is 14.5. The van der Waals surface area contributed by atoms with Crippen LogP contribution in [-0.2, 0) is 15.0 Å². The van der Waals surface area contributed by atoms with Gasteiger partial charge in [-0.15, -0.1) is 0 Å². The lowest BCUT2D eigenvalue weighted by molar-refractivity contribution is 0.0635. The van der Waals surface area contributed by atoms with Crippen LogP contribution >= 0.6 is 0 Å². The first-order valence-electron chi connectivity index (χ1n) is 7.23. The van der Waals surface area contributed by atoms with E-state index in [1.165, 1.54) is 7.11 Å². The summed E-state index contributed by atoms with van der Waals surface area (Å²) in [6.07, 6.45) is -0.667. The first-order valence-corrected chi connectivity index (χ1v) is 7.23. The molecule has 0 fully saturated rings. The predicted molar refractivity (Wildman–Crippen MR) is 87.7 cm³/mol. The van der Waals surface area contributed by atoms with Gasteiger partial charge < -0.3 is 19.4 Å². The second kappa shape index (κ2) is 7.06. The van der Waals surface area contributed by atoms with E-state index >= 15 is 0 Å². The number of phenolic OH excluding ortho intramolecular Hbond substituents is 1. The summed E-state index contributed by atoms with van der Waals surface area (Å²) in [5, 5.41) is 12.7. The molecule has 0 radical (unpaired) electrons. The molecule has 0 atom stereocenters. The molecule has 130 valence electrons. The third-order valence-electron chi connectivity index (χ3n) is 3.16. The highest BCUT2D eigenvalue weighted by molar-refractivity contribution is 5.88. The molecular formula is C16H26N2O5. The fraction of sp³-hybridized carbons (Fsp3) is 0.562. The Hall–Kier alpha value is -1.99. The molecule has 4 N–H and O–H groups in total. The topological polar surface area (TPSA) is 103 Å². The standard InChI is InChI=1S/C16H26N2O5/c1-15(2,3)23-14(20)18-11-7-10(16(4,5)9-22-17)8-12(21-6)13(11)19/h7-8,19H,9,17H2,1-6H3,(H,18,20). The highest BCUT2D eigenvalue weighted by Gasteiger charge is 2.25. The van der Waals surface area contributed by atoms with Crippen LogP contribution in [0.3, 0.4) is 0 Å². The molecule has 1 rings (SSSR count). The van der Waals surface area contributed by atoms with Gasteiger partial charge in [-0.25, -0.2) is 10.7 Å². The zero-order valence-corrected chi connectivity index (χ0v) is 14.5. The van der Waals surface area contributed by atoms with Crippen LogP contribution in [0.5, 0.6) is 11.5 Å². The number of aromatic hydroxyl groups is 1. The molecule has 0 saturated heterocycles. The van der Waals surface area contributed by atoms with Gasteiger partial charge in [-0.3, -0.25) is 5.32 Å². The summed E-state index contributed by atoms with van der Waals surface area (Å²) < 4.78 is 10.4. The smallest absolute Gasteiger partial charge is 0.412 e. The molecule has 0 aliphatic heterocycles. The Morgan fingerprint density at radius 1 is 1.26 bits per heavy atom. The van der Waals surface area contributed by atoms with Crippen molar-refractivity contribution in [1.82, 2.24) is 0 Å². The molecule has 7 heteroatoms. The van der Waals surface area contributed by atoms with Gasteiger partial charge in [0.15, 0.2) is 11.5 Å². The minimum absolute atomic E-state index is 0.174. The summed E-state index contributed by atoms with van der Waals surface area (Å²) in [7, 11) is 1.43. The first kappa shape index (κ1) is 19.1. The van der Waals surface area contributed by atoms with Crippen LogP contribution in [0, 0.1) is 0 Å². The Bertz CT molecular complexity index is 564. The van der Waals surface area contributed by atoms with E-state index in [0.29, 0.717) is 0 Å². The Morgan fingerprint density at radius 3 is 2.35 bits per heavy atom. The van der Waals surface area contributed by atoms with E-state index in [1.54, 1.807) is 32.9 Å². The van der Waals surface area contributed by atoms with Gasteiger partial charge in [-0.2, -0.15) is 0 Å². The van der Waals surface area contributed by atoms with E-state index in [0.717, 1.165) is 5.56 Å². The summed E-state index contributed by atoms with van der Waals surface area (Å²) >= 11 is 0. The van der Waals surface area contributed by atoms with Gasteiger partial charge in [0.2, 0.25) is 0 Å². The highest BCUT2D eigenvalue weighted by Crippen LogP contribution is 2.39. The second-order valence-electron chi connectivity index (χ2n) is 6.90. The predicted octanol–water partition coefficient (Wildman–Crippen LogP) is 2.92. The van der Waals surface area contributed by atoms with Crippen LogP contribution in [0.15, 0.2) is 12.1 Å². The van der Waals surface area contributed by atoms with Crippen molar-refractivity contribution in [2.45, 2.75) is 45.6 Å². The van der Waals surface area contributed by atoms with Crippen LogP contribution in [0.1, 0.15) is 40.2 Å². The lowest BCUT2D eigenvalue weighted by Gasteiger charge is -2.26. The van der Waals surface area contributed by atoms with Gasteiger partial charge in [-0.1, -0.05) is 13.8 Å². The monoisotopic (exact) mass is 326 g/mol. The highest BCUT2D eigenvalue weighted by atomic mass is 16.6. The maximum absolute atomic E-state index is 11.9. The van der Waals surface area contributed by atoms with Crippen molar-refractivity contribution < 1.29 is 24.2 Å². The largest absolute Gasteiger partial charge is 0.503 e. The molecule has 23 heavy (non-hydrogen) atoms. The van der Waals surface area contributed by atoms with Crippen molar-refractivity contribution in [3.63, 3.8) is 0 Å². The van der Waals surface area contributed by atoms with Gasteiger partial charge in [0.05, 0.1) is 19.4 Å². The van der Waals surface area contributed by atoms with Crippen molar-refractivity contribution in [3.8, 4) is 11.5 Å². The number of ether oxygens (including phenoxy) is 2. The number of phenols is 1. The number of hydrogen-bond acceptors (Lipinski definition) is 6. The zero-order chi connectivity index (χ0) is 17.8. The Labute approximate surface area is 136 Å². The summed E-state index contributed by atoms with van der Waals surface area (Å²) in [5.74, 6) is 5.23. The quantitative estimate of drug-likeness (QED) is 0.568. The fourth-order valence-corrected chi connectivity index (χ4v) is 1.95. The summed E-state index contributed by atoms with van der Waals surface area (Å²) in [6, 6.07) is 3.31. The molecule has 0 spiro atoms. The fourth-order valence-electron chi connectivity index (χ4n) is 1.95. The van der Waals surface area contributed by atoms with Gasteiger partial charge in [0, 0.05) is 5.41 Å². The van der Waals surface area contributed by atoms with Crippen molar-refractivity contribution in [2.24, 2.45) is 5.90 Å². The number of amides is 1. The maximum Gasteiger partial charge on any atom is 0.412 e. The SMILES string of the molecule is COc1cc(C(C)(C)CON)cc(NC(=O)OC(C)(C)C)c1O. The lowest BCUT2D eigenvalue weighted by Crippen LogP contribution is -2.28. The molecule has 1 amide bonds. The first-order chi connectivity index (χ1) is 10.5. The van der Waals surface area contributed by atoms with E-state index in [2.05, 4.69) is 5.32 Å². The summed E-state index contributed by atoms with van der Waals surface area (Å²) in [6.45, 7) is 9.36. The average molecular weight is 326 g/mol. The molecule has 7 nitrogen and oxygen atoms in total. The molecule has 0 heterocycles. The second-order valence-corrected chi connectivity index (χ2v) is 6.90. The van der Waals surface area contributed by atoms with E-state index in [-0.39, 0.29) is 23.8 Å². The number of rotatable bonds is 5. The number of carbonyl (C=O) groups excluding carboxylic acids is 1. The van der Waals surface area contributed by atoms with E-state index in [4.69, 9.17) is 20.2 Å². The van der Waals surface area contributed by atoms with Crippen LogP contribution in [0.25, 0.3) is 0 Å². The number of anilines is 1. The number of methoxy groups -OCH3 is 1. The van der Waals surface area contributed by atoms with E-state index in [9.17, 15) is 9.90 Å². The molecule has 0 aromatic heterocycles. The maximum atomic E-state index is 11.9. The molecule has 0 unspecified atom stereocenters. The Morgan fingerprint density at radius 2 is 1.87 bits per heavy atom. The number of carbonyl (C=O) groups is 1. The third kappa shape index (κ3) is 5.30. The Balaban J connectivity index is 3.18. The van der Waals surface area contributed by atoms with E-state index in [1.807, 2.05) is 13.8 Å². The van der Waals surface area contributed by atoms with Crippen LogP contribution in [-0.4, -0.2) is 30.5 Å². The molecular weight excluding hydrogens is 300 g/mol. The number of benzene rings is 1. The molecule has 1 aromatic rings. The molecule has 1 aromatic carbocycles. The van der Waals surface area contributed by atoms with E-state index < -0.39 is 17.1 Å². The van der Waals surface area contributed by atoms with Gasteiger partial charge in [0.1, 0.15) is 5.60 Å². The summed E-state index contributed by atoms with van der Waals surface area (Å²) in [4.78, 5) is 16.7. The molecule has 0 aliphatic rings. The number of hydrogen-bond donors (Lipinski definition) is 3. The van der Waals surface area contributed by atoms with Gasteiger partial charge in [-0.05, 0) is 38.5 Å². The van der Waals surface area contributed by atoms with Crippen LogP contribution in [0.4, 0.5) is 10.5 Å². The Kier molecular flexibility index (Phi) is 5.85. The van der Waals surface area contributed by atoms with Crippen molar-refractivity contribution in [1.29, 1.82) is 0 Å².